The van der Waals surface area contributed by atoms with Crippen LogP contribution in [0.3, 0.4) is 0 Å². The predicted octanol–water partition coefficient (Wildman–Crippen LogP) is 4.76. The molecule has 2 aromatic carbocycles. The summed E-state index contributed by atoms with van der Waals surface area (Å²) in [7, 11) is 1.99. The van der Waals surface area contributed by atoms with Crippen molar-refractivity contribution in [1.82, 2.24) is 9.47 Å². The van der Waals surface area contributed by atoms with E-state index in [9.17, 15) is 28.3 Å². The number of nitrogens with zero attached hydrogens (tertiary/aromatic N) is 3. The standard InChI is InChI=1S/C21H19F2N3O3.C7H14O2/c1-24-6-8-25(9-7-24)19-11-18-15(10-17(19)23)20(27)16(21(28)29)12-26(18)14-4-2-13(22)3-5-14;1-2-3-4-5-6-7(8)9/h2-5,10-12H,6-9H2,1H3,(H,28,29);2-6H2,1H3,(H,8,9). The number of hydrogen-bond acceptors (Lipinski definition) is 5. The Morgan fingerprint density at radius 1 is 0.947 bits per heavy atom. The second-order valence-electron chi connectivity index (χ2n) is 9.34. The van der Waals surface area contributed by atoms with Crippen LogP contribution < -0.4 is 10.3 Å². The first kappa shape index (κ1) is 28.8. The van der Waals surface area contributed by atoms with Gasteiger partial charge in [-0.15, -0.1) is 0 Å². The zero-order valence-electron chi connectivity index (χ0n) is 21.6. The predicted molar refractivity (Wildman–Crippen MR) is 143 cm³/mol. The van der Waals surface area contributed by atoms with Gasteiger partial charge in [-0.25, -0.2) is 13.6 Å². The molecule has 1 saturated heterocycles. The third kappa shape index (κ3) is 7.16. The van der Waals surface area contributed by atoms with Crippen LogP contribution in [0.25, 0.3) is 16.6 Å². The number of hydrogen-bond donors (Lipinski definition) is 2. The van der Waals surface area contributed by atoms with E-state index in [0.717, 1.165) is 38.4 Å². The van der Waals surface area contributed by atoms with Crippen LogP contribution in [0.5, 0.6) is 0 Å². The van der Waals surface area contributed by atoms with Crippen LogP contribution in [-0.2, 0) is 4.79 Å². The number of carboxylic acids is 2. The molecule has 204 valence electrons. The summed E-state index contributed by atoms with van der Waals surface area (Å²) in [6, 6.07) is 8.09. The van der Waals surface area contributed by atoms with Gasteiger partial charge in [-0.2, -0.15) is 0 Å². The van der Waals surface area contributed by atoms with Crippen molar-refractivity contribution in [2.75, 3.05) is 38.1 Å². The fourth-order valence-corrected chi connectivity index (χ4v) is 4.29. The average Bonchev–Trinajstić information content (AvgIpc) is 2.88. The molecule has 2 heterocycles. The van der Waals surface area contributed by atoms with Crippen molar-refractivity contribution in [2.45, 2.75) is 39.0 Å². The first-order valence-electron chi connectivity index (χ1n) is 12.7. The van der Waals surface area contributed by atoms with Crippen molar-refractivity contribution < 1.29 is 28.6 Å². The number of aliphatic carboxylic acids is 1. The Hall–Kier alpha value is -3.79. The summed E-state index contributed by atoms with van der Waals surface area (Å²) in [6.45, 7) is 4.93. The highest BCUT2D eigenvalue weighted by Crippen LogP contribution is 2.28. The minimum Gasteiger partial charge on any atom is -0.481 e. The molecule has 0 amide bonds. The van der Waals surface area contributed by atoms with Gasteiger partial charge < -0.3 is 24.6 Å². The van der Waals surface area contributed by atoms with Crippen LogP contribution in [0, 0.1) is 11.6 Å². The van der Waals surface area contributed by atoms with Crippen molar-refractivity contribution in [1.29, 1.82) is 0 Å². The fraction of sp³-hybridized carbons (Fsp3) is 0.393. The van der Waals surface area contributed by atoms with E-state index in [-0.39, 0.29) is 5.39 Å². The fourth-order valence-electron chi connectivity index (χ4n) is 4.29. The first-order valence-corrected chi connectivity index (χ1v) is 12.7. The van der Waals surface area contributed by atoms with Gasteiger partial charge in [0.25, 0.3) is 0 Å². The molecule has 1 fully saturated rings. The van der Waals surface area contributed by atoms with Gasteiger partial charge in [0.1, 0.15) is 17.2 Å². The van der Waals surface area contributed by atoms with Gasteiger partial charge in [0.05, 0.1) is 11.2 Å². The molecule has 10 heteroatoms. The zero-order valence-corrected chi connectivity index (χ0v) is 21.6. The Morgan fingerprint density at radius 3 is 2.18 bits per heavy atom. The maximum atomic E-state index is 14.9. The summed E-state index contributed by atoms with van der Waals surface area (Å²) in [5, 5.41) is 17.6. The molecule has 0 bridgehead atoms. The number of likely N-dealkylation sites (N-methyl/N-ethyl adjacent to an activating group) is 1. The number of benzene rings is 2. The molecule has 8 nitrogen and oxygen atoms in total. The first-order chi connectivity index (χ1) is 18.1. The van der Waals surface area contributed by atoms with Crippen LogP contribution in [-0.4, -0.2) is 64.8 Å². The maximum absolute atomic E-state index is 14.9. The highest BCUT2D eigenvalue weighted by atomic mass is 19.1. The van der Waals surface area contributed by atoms with Crippen LogP contribution >= 0.6 is 0 Å². The van der Waals surface area contributed by atoms with Gasteiger partial charge in [0, 0.05) is 49.9 Å². The summed E-state index contributed by atoms with van der Waals surface area (Å²) in [6.07, 6.45) is 5.75. The second kappa shape index (κ2) is 13.1. The third-order valence-corrected chi connectivity index (χ3v) is 6.50. The van der Waals surface area contributed by atoms with Gasteiger partial charge in [0.2, 0.25) is 5.43 Å². The van der Waals surface area contributed by atoms with Crippen LogP contribution in [0.2, 0.25) is 0 Å². The summed E-state index contributed by atoms with van der Waals surface area (Å²) >= 11 is 0. The lowest BCUT2D eigenvalue weighted by atomic mass is 10.1. The number of halogens is 2. The van der Waals surface area contributed by atoms with E-state index >= 15 is 0 Å². The molecule has 0 radical (unpaired) electrons. The number of aromatic carboxylic acids is 1. The third-order valence-electron chi connectivity index (χ3n) is 6.50. The lowest BCUT2D eigenvalue weighted by Gasteiger charge is -2.34. The number of piperazine rings is 1. The number of rotatable bonds is 8. The molecule has 1 aromatic heterocycles. The Kier molecular flexibility index (Phi) is 9.95. The molecule has 2 N–H and O–H groups in total. The van der Waals surface area contributed by atoms with E-state index in [0.29, 0.717) is 36.4 Å². The monoisotopic (exact) mass is 529 g/mol. The highest BCUT2D eigenvalue weighted by molar-refractivity contribution is 5.94. The molecule has 0 spiro atoms. The number of carbonyl (C=O) groups is 2. The quantitative estimate of drug-likeness (QED) is 0.406. The van der Waals surface area contributed by atoms with Crippen molar-refractivity contribution in [2.24, 2.45) is 0 Å². The minimum atomic E-state index is -1.41. The summed E-state index contributed by atoms with van der Waals surface area (Å²) in [4.78, 5) is 38.2. The molecule has 3 aromatic rings. The van der Waals surface area contributed by atoms with Gasteiger partial charge in [-0.3, -0.25) is 9.59 Å². The van der Waals surface area contributed by atoms with Crippen molar-refractivity contribution in [3.63, 3.8) is 0 Å². The van der Waals surface area contributed by atoms with E-state index < -0.39 is 34.6 Å². The molecule has 0 aliphatic carbocycles. The smallest absolute Gasteiger partial charge is 0.341 e. The number of fused-ring (bicyclic) bond motifs is 1. The van der Waals surface area contributed by atoms with E-state index in [2.05, 4.69) is 11.8 Å². The largest absolute Gasteiger partial charge is 0.481 e. The number of carboxylic acid groups (broad SMARTS) is 2. The lowest BCUT2D eigenvalue weighted by Crippen LogP contribution is -2.44. The van der Waals surface area contributed by atoms with Crippen molar-refractivity contribution in [3.05, 3.63) is 70.0 Å². The Morgan fingerprint density at radius 2 is 1.61 bits per heavy atom. The molecule has 1 aliphatic heterocycles. The van der Waals surface area contributed by atoms with Crippen LogP contribution in [0.1, 0.15) is 49.4 Å². The molecular weight excluding hydrogens is 496 g/mol. The number of anilines is 1. The SMILES string of the molecule is CCCCCCC(=O)O.CN1CCN(c2cc3c(cc2F)c(=O)c(C(=O)O)cn3-c2ccc(F)cc2)CC1. The van der Waals surface area contributed by atoms with E-state index in [1.165, 1.54) is 41.5 Å². The second-order valence-corrected chi connectivity index (χ2v) is 9.34. The highest BCUT2D eigenvalue weighted by Gasteiger charge is 2.22. The van der Waals surface area contributed by atoms with Crippen LogP contribution in [0.15, 0.2) is 47.4 Å². The summed E-state index contributed by atoms with van der Waals surface area (Å²) < 4.78 is 29.8. The summed E-state index contributed by atoms with van der Waals surface area (Å²) in [5.74, 6) is -3.10. The van der Waals surface area contributed by atoms with E-state index in [4.69, 9.17) is 5.11 Å². The minimum absolute atomic E-state index is 0.0374. The van der Waals surface area contributed by atoms with Gasteiger partial charge in [0.15, 0.2) is 0 Å². The number of unbranched alkanes of at least 4 members (excludes halogenated alkanes) is 3. The van der Waals surface area contributed by atoms with Crippen LogP contribution in [0.4, 0.5) is 14.5 Å². The van der Waals surface area contributed by atoms with Gasteiger partial charge >= 0.3 is 11.9 Å². The van der Waals surface area contributed by atoms with Gasteiger partial charge in [-0.05, 0) is 49.9 Å². The molecule has 38 heavy (non-hydrogen) atoms. The van der Waals surface area contributed by atoms with Crippen molar-refractivity contribution >= 4 is 28.5 Å². The Balaban J connectivity index is 0.000000383. The topological polar surface area (TPSA) is 103 Å². The molecule has 1 aliphatic rings. The molecule has 0 atom stereocenters. The molecule has 0 unspecified atom stereocenters. The molecular formula is C28H33F2N3O5. The number of pyridine rings is 1. The van der Waals surface area contributed by atoms with E-state index in [1.54, 1.807) is 6.07 Å². The zero-order chi connectivity index (χ0) is 27.8. The Labute approximate surface area is 219 Å². The maximum Gasteiger partial charge on any atom is 0.341 e. The molecule has 4 rings (SSSR count). The van der Waals surface area contributed by atoms with Gasteiger partial charge in [-0.1, -0.05) is 26.2 Å². The van der Waals surface area contributed by atoms with E-state index in [1.807, 2.05) is 11.9 Å². The molecule has 0 saturated carbocycles. The van der Waals surface area contributed by atoms with Crippen molar-refractivity contribution in [3.8, 4) is 5.69 Å². The Bertz CT molecular complexity index is 1330. The average molecular weight is 530 g/mol. The number of aromatic nitrogens is 1. The normalized spacial score (nSPS) is 13.7. The lowest BCUT2D eigenvalue weighted by molar-refractivity contribution is -0.137. The summed E-state index contributed by atoms with van der Waals surface area (Å²) in [5.41, 5.74) is -0.0519.